The van der Waals surface area contributed by atoms with Gasteiger partial charge in [-0.05, 0) is 25.1 Å². The van der Waals surface area contributed by atoms with Crippen molar-refractivity contribution in [1.82, 2.24) is 4.98 Å². The summed E-state index contributed by atoms with van der Waals surface area (Å²) in [6.45, 7) is 2.08. The fourth-order valence-electron chi connectivity index (χ4n) is 2.03. The zero-order chi connectivity index (χ0) is 15.2. The number of aryl methyl sites for hydroxylation is 1. The molecule has 6 nitrogen and oxygen atoms in total. The first kappa shape index (κ1) is 14.5. The molecule has 0 saturated heterocycles. The van der Waals surface area contributed by atoms with Crippen LogP contribution in [-0.4, -0.2) is 16.5 Å². The maximum Gasteiger partial charge on any atom is 0.290 e. The molecule has 0 atom stereocenters. The normalized spacial score (nSPS) is 9.90. The number of anilines is 2. The molecule has 21 heavy (non-hydrogen) atoms. The maximum absolute atomic E-state index is 10.9. The highest BCUT2D eigenvalue weighted by molar-refractivity contribution is 5.61. The Kier molecular flexibility index (Phi) is 4.46. The Balaban J connectivity index is 2.40. The lowest BCUT2D eigenvalue weighted by Crippen LogP contribution is -2.19. The molecule has 1 aromatic carbocycles. The molecule has 1 heterocycles. The van der Waals surface area contributed by atoms with Crippen LogP contribution in [0, 0.1) is 28.4 Å². The highest BCUT2D eigenvalue weighted by atomic mass is 16.6. The Morgan fingerprint density at radius 2 is 2.00 bits per heavy atom. The molecular formula is C15H14N4O2. The minimum absolute atomic E-state index is 0.00737. The highest BCUT2D eigenvalue weighted by Crippen LogP contribution is 2.26. The Hall–Kier alpha value is -2.94. The van der Waals surface area contributed by atoms with Crippen molar-refractivity contribution in [3.8, 4) is 6.07 Å². The highest BCUT2D eigenvalue weighted by Gasteiger charge is 2.16. The number of aromatic nitrogens is 1. The van der Waals surface area contributed by atoms with Crippen LogP contribution in [0.15, 0.2) is 42.5 Å². The summed E-state index contributed by atoms with van der Waals surface area (Å²) in [5.74, 6) is 0.597. The predicted molar refractivity (Wildman–Crippen MR) is 79.3 cm³/mol. The summed E-state index contributed by atoms with van der Waals surface area (Å²) < 4.78 is 0. The first-order valence-corrected chi connectivity index (χ1v) is 6.45. The van der Waals surface area contributed by atoms with Crippen molar-refractivity contribution in [2.75, 3.05) is 11.4 Å². The summed E-state index contributed by atoms with van der Waals surface area (Å²) in [7, 11) is 0. The molecule has 0 aliphatic heterocycles. The molecule has 1 aromatic heterocycles. The van der Waals surface area contributed by atoms with Crippen LogP contribution in [0.4, 0.5) is 17.2 Å². The number of nitriles is 1. The topological polar surface area (TPSA) is 83.1 Å². The van der Waals surface area contributed by atoms with Gasteiger partial charge in [-0.3, -0.25) is 10.1 Å². The van der Waals surface area contributed by atoms with Crippen LogP contribution in [0.2, 0.25) is 0 Å². The molecule has 2 rings (SSSR count). The van der Waals surface area contributed by atoms with Crippen molar-refractivity contribution in [3.05, 3.63) is 58.3 Å². The molecule has 0 spiro atoms. The van der Waals surface area contributed by atoms with E-state index < -0.39 is 4.92 Å². The zero-order valence-electron chi connectivity index (χ0n) is 11.6. The van der Waals surface area contributed by atoms with Crippen LogP contribution in [0.25, 0.3) is 0 Å². The van der Waals surface area contributed by atoms with Crippen molar-refractivity contribution in [3.63, 3.8) is 0 Å². The molecule has 0 saturated carbocycles. The van der Waals surface area contributed by atoms with Crippen molar-refractivity contribution in [2.45, 2.75) is 13.3 Å². The molecule has 0 bridgehead atoms. The number of hydrogen-bond acceptors (Lipinski definition) is 5. The number of nitrogens with zero attached hydrogens (tertiary/aromatic N) is 4. The number of rotatable bonds is 5. The van der Waals surface area contributed by atoms with E-state index in [4.69, 9.17) is 5.26 Å². The van der Waals surface area contributed by atoms with Gasteiger partial charge in [0, 0.05) is 18.3 Å². The van der Waals surface area contributed by atoms with Crippen LogP contribution >= 0.6 is 0 Å². The average Bonchev–Trinajstić information content (AvgIpc) is 2.48. The van der Waals surface area contributed by atoms with Gasteiger partial charge in [-0.15, -0.1) is 0 Å². The van der Waals surface area contributed by atoms with Gasteiger partial charge in [-0.25, -0.2) is 4.98 Å². The number of nitro groups is 1. The lowest BCUT2D eigenvalue weighted by molar-refractivity contribution is -0.385. The third kappa shape index (κ3) is 3.34. The molecule has 2 aromatic rings. The summed E-state index contributed by atoms with van der Waals surface area (Å²) in [5.41, 5.74) is 1.25. The van der Waals surface area contributed by atoms with E-state index in [0.717, 1.165) is 5.69 Å². The van der Waals surface area contributed by atoms with E-state index in [-0.39, 0.29) is 5.69 Å². The second kappa shape index (κ2) is 6.48. The number of hydrogen-bond donors (Lipinski definition) is 0. The largest absolute Gasteiger partial charge is 0.325 e. The van der Waals surface area contributed by atoms with Gasteiger partial charge < -0.3 is 4.90 Å². The van der Waals surface area contributed by atoms with Crippen molar-refractivity contribution in [2.24, 2.45) is 0 Å². The molecule has 0 amide bonds. The first-order chi connectivity index (χ1) is 10.1. The average molecular weight is 282 g/mol. The van der Waals surface area contributed by atoms with Crippen molar-refractivity contribution < 1.29 is 4.92 Å². The van der Waals surface area contributed by atoms with E-state index in [1.54, 1.807) is 13.0 Å². The van der Waals surface area contributed by atoms with E-state index in [2.05, 4.69) is 11.1 Å². The van der Waals surface area contributed by atoms with E-state index in [1.165, 1.54) is 6.07 Å². The standard InChI is InChI=1S/C15H14N4O2/c1-12-14(19(20)21)8-9-15(17-12)18(11-5-10-16)13-6-3-2-4-7-13/h2-4,6-9H,5,11H2,1H3. The fraction of sp³-hybridized carbons (Fsp3) is 0.200. The summed E-state index contributed by atoms with van der Waals surface area (Å²) in [4.78, 5) is 16.6. The van der Waals surface area contributed by atoms with E-state index in [1.807, 2.05) is 35.2 Å². The monoisotopic (exact) mass is 282 g/mol. The molecule has 106 valence electrons. The van der Waals surface area contributed by atoms with E-state index in [9.17, 15) is 10.1 Å². The molecule has 0 unspecified atom stereocenters. The molecule has 0 N–H and O–H groups in total. The lowest BCUT2D eigenvalue weighted by atomic mass is 10.2. The Bertz CT molecular complexity index is 680. The van der Waals surface area contributed by atoms with Gasteiger partial charge in [0.05, 0.1) is 17.4 Å². The first-order valence-electron chi connectivity index (χ1n) is 6.45. The molecule has 6 heteroatoms. The maximum atomic E-state index is 10.9. The number of benzene rings is 1. The van der Waals surface area contributed by atoms with Gasteiger partial charge in [-0.1, -0.05) is 18.2 Å². The third-order valence-corrected chi connectivity index (χ3v) is 3.03. The second-order valence-electron chi connectivity index (χ2n) is 4.43. The Labute approximate surface area is 122 Å². The van der Waals surface area contributed by atoms with Gasteiger partial charge in [0.25, 0.3) is 5.69 Å². The molecule has 0 aliphatic carbocycles. The quantitative estimate of drug-likeness (QED) is 0.620. The van der Waals surface area contributed by atoms with Crippen LogP contribution in [0.3, 0.4) is 0 Å². The van der Waals surface area contributed by atoms with Crippen LogP contribution in [0.1, 0.15) is 12.1 Å². The molecule has 0 fully saturated rings. The van der Waals surface area contributed by atoms with Gasteiger partial charge in [0.15, 0.2) is 0 Å². The zero-order valence-corrected chi connectivity index (χ0v) is 11.6. The molecular weight excluding hydrogens is 268 g/mol. The Morgan fingerprint density at radius 3 is 2.57 bits per heavy atom. The van der Waals surface area contributed by atoms with Crippen LogP contribution in [0.5, 0.6) is 0 Å². The predicted octanol–water partition coefficient (Wildman–Crippen LogP) is 3.35. The van der Waals surface area contributed by atoms with Gasteiger partial charge >= 0.3 is 0 Å². The minimum Gasteiger partial charge on any atom is -0.325 e. The molecule has 0 radical (unpaired) electrons. The Morgan fingerprint density at radius 1 is 1.29 bits per heavy atom. The SMILES string of the molecule is Cc1nc(N(CCC#N)c2ccccc2)ccc1[N+](=O)[O-]. The summed E-state index contributed by atoms with van der Waals surface area (Å²) >= 11 is 0. The smallest absolute Gasteiger partial charge is 0.290 e. The summed E-state index contributed by atoms with van der Waals surface area (Å²) in [5, 5.41) is 19.6. The fourth-order valence-corrected chi connectivity index (χ4v) is 2.03. The van der Waals surface area contributed by atoms with Crippen LogP contribution < -0.4 is 4.90 Å². The van der Waals surface area contributed by atoms with Gasteiger partial charge in [-0.2, -0.15) is 5.26 Å². The van der Waals surface area contributed by atoms with Crippen LogP contribution in [-0.2, 0) is 0 Å². The summed E-state index contributed by atoms with van der Waals surface area (Å²) in [6, 6.07) is 14.7. The van der Waals surface area contributed by atoms with E-state index in [0.29, 0.717) is 24.5 Å². The van der Waals surface area contributed by atoms with Crippen molar-refractivity contribution >= 4 is 17.2 Å². The minimum atomic E-state index is -0.450. The van der Waals surface area contributed by atoms with Gasteiger partial charge in [0.1, 0.15) is 11.5 Å². The van der Waals surface area contributed by atoms with Crippen molar-refractivity contribution in [1.29, 1.82) is 5.26 Å². The third-order valence-electron chi connectivity index (χ3n) is 3.03. The summed E-state index contributed by atoms with van der Waals surface area (Å²) in [6.07, 6.45) is 0.340. The van der Waals surface area contributed by atoms with Gasteiger partial charge in [0.2, 0.25) is 0 Å². The number of para-hydroxylation sites is 1. The van der Waals surface area contributed by atoms with E-state index >= 15 is 0 Å². The molecule has 0 aliphatic rings. The number of pyridine rings is 1. The second-order valence-corrected chi connectivity index (χ2v) is 4.43. The lowest BCUT2D eigenvalue weighted by Gasteiger charge is -2.23.